The van der Waals surface area contributed by atoms with Gasteiger partial charge in [-0.25, -0.2) is 0 Å². The molecule has 0 fully saturated rings. The van der Waals surface area contributed by atoms with Gasteiger partial charge in [-0.15, -0.1) is 0 Å². The minimum absolute atomic E-state index is 0.0169. The second-order valence-electron chi connectivity index (χ2n) is 4.79. The second kappa shape index (κ2) is 7.89. The van der Waals surface area contributed by atoms with E-state index in [1.807, 2.05) is 0 Å². The largest absolute Gasteiger partial charge is 0.466 e. The van der Waals surface area contributed by atoms with E-state index in [1.165, 1.54) is 0 Å². The summed E-state index contributed by atoms with van der Waals surface area (Å²) in [5.74, 6) is -1.44. The van der Waals surface area contributed by atoms with Gasteiger partial charge < -0.3 is 4.74 Å². The fourth-order valence-corrected chi connectivity index (χ4v) is 2.10. The van der Waals surface area contributed by atoms with E-state index in [2.05, 4.69) is 5.32 Å². The Labute approximate surface area is 134 Å². The third kappa shape index (κ3) is 4.51. The molecular formula is C18H17NO4. The van der Waals surface area contributed by atoms with Gasteiger partial charge in [0.05, 0.1) is 13.0 Å². The molecule has 0 aromatic heterocycles. The molecule has 5 heteroatoms. The zero-order valence-electron chi connectivity index (χ0n) is 12.7. The third-order valence-corrected chi connectivity index (χ3v) is 3.17. The highest BCUT2D eigenvalue weighted by Gasteiger charge is 2.17. The Morgan fingerprint density at radius 3 is 2.26 bits per heavy atom. The molecule has 0 aliphatic carbocycles. The fourth-order valence-electron chi connectivity index (χ4n) is 2.10. The van der Waals surface area contributed by atoms with Gasteiger partial charge >= 0.3 is 5.97 Å². The first-order valence-electron chi connectivity index (χ1n) is 7.26. The van der Waals surface area contributed by atoms with Crippen molar-refractivity contribution in [2.24, 2.45) is 0 Å². The highest BCUT2D eigenvalue weighted by atomic mass is 16.5. The minimum atomic E-state index is -0.543. The monoisotopic (exact) mass is 311 g/mol. The number of imide groups is 1. The van der Waals surface area contributed by atoms with Crippen molar-refractivity contribution < 1.29 is 19.1 Å². The summed E-state index contributed by atoms with van der Waals surface area (Å²) in [5.41, 5.74) is 1.19. The Kier molecular flexibility index (Phi) is 5.63. The van der Waals surface area contributed by atoms with E-state index in [9.17, 15) is 14.4 Å². The molecule has 0 heterocycles. The lowest BCUT2D eigenvalue weighted by Gasteiger charge is -2.09. The molecule has 0 atom stereocenters. The molecule has 2 aromatic rings. The van der Waals surface area contributed by atoms with Crippen LogP contribution in [0, 0.1) is 0 Å². The molecule has 0 bridgehead atoms. The number of benzene rings is 2. The maximum atomic E-state index is 12.3. The number of nitrogens with one attached hydrogen (secondary N) is 1. The van der Waals surface area contributed by atoms with Crippen molar-refractivity contribution in [1.82, 2.24) is 5.32 Å². The van der Waals surface area contributed by atoms with Gasteiger partial charge in [-0.05, 0) is 30.7 Å². The minimum Gasteiger partial charge on any atom is -0.466 e. The summed E-state index contributed by atoms with van der Waals surface area (Å²) in [5, 5.41) is 2.33. The highest BCUT2D eigenvalue weighted by Crippen LogP contribution is 2.11. The lowest BCUT2D eigenvalue weighted by molar-refractivity contribution is -0.142. The number of carbonyl (C=O) groups excluding carboxylic acids is 3. The van der Waals surface area contributed by atoms with Gasteiger partial charge in [0, 0.05) is 11.1 Å². The van der Waals surface area contributed by atoms with Crippen molar-refractivity contribution in [2.75, 3.05) is 6.61 Å². The second-order valence-corrected chi connectivity index (χ2v) is 4.79. The average molecular weight is 311 g/mol. The van der Waals surface area contributed by atoms with Crippen LogP contribution in [0.4, 0.5) is 0 Å². The quantitative estimate of drug-likeness (QED) is 0.679. The molecule has 5 nitrogen and oxygen atoms in total. The first-order chi connectivity index (χ1) is 11.1. The summed E-state index contributed by atoms with van der Waals surface area (Å²) in [6, 6.07) is 15.1. The molecule has 0 aliphatic rings. The van der Waals surface area contributed by atoms with Gasteiger partial charge in [0.15, 0.2) is 0 Å². The predicted octanol–water partition coefficient (Wildman–Crippen LogP) is 2.36. The van der Waals surface area contributed by atoms with Crippen LogP contribution in [0.5, 0.6) is 0 Å². The first kappa shape index (κ1) is 16.4. The maximum absolute atomic E-state index is 12.3. The lowest BCUT2D eigenvalue weighted by Crippen LogP contribution is -2.31. The molecule has 0 aliphatic heterocycles. The van der Waals surface area contributed by atoms with E-state index >= 15 is 0 Å². The Balaban J connectivity index is 2.13. The van der Waals surface area contributed by atoms with Crippen molar-refractivity contribution in [3.05, 3.63) is 71.3 Å². The number of carbonyl (C=O) groups is 3. The topological polar surface area (TPSA) is 72.5 Å². The van der Waals surface area contributed by atoms with E-state index < -0.39 is 17.8 Å². The number of hydrogen-bond donors (Lipinski definition) is 1. The predicted molar refractivity (Wildman–Crippen MR) is 85.0 cm³/mol. The molecule has 118 valence electrons. The van der Waals surface area contributed by atoms with Crippen molar-refractivity contribution >= 4 is 17.8 Å². The molecule has 0 radical (unpaired) electrons. The fraction of sp³-hybridized carbons (Fsp3) is 0.167. The first-order valence-corrected chi connectivity index (χ1v) is 7.26. The van der Waals surface area contributed by atoms with Gasteiger partial charge in [0.2, 0.25) is 0 Å². The summed E-state index contributed by atoms with van der Waals surface area (Å²) in [7, 11) is 0. The van der Waals surface area contributed by atoms with Crippen LogP contribution < -0.4 is 5.32 Å². The number of amides is 2. The molecule has 23 heavy (non-hydrogen) atoms. The van der Waals surface area contributed by atoms with Crippen LogP contribution in [0.15, 0.2) is 54.6 Å². The molecule has 2 rings (SSSR count). The van der Waals surface area contributed by atoms with Crippen LogP contribution in [0.1, 0.15) is 33.2 Å². The molecule has 0 saturated carbocycles. The lowest BCUT2D eigenvalue weighted by atomic mass is 10.0. The standard InChI is InChI=1S/C18H17NO4/c1-2-23-16(20)12-14-10-6-7-11-15(14)18(22)19-17(21)13-8-4-3-5-9-13/h3-11H,2,12H2,1H3,(H,19,21,22). The van der Waals surface area contributed by atoms with Crippen molar-refractivity contribution in [3.63, 3.8) is 0 Å². The third-order valence-electron chi connectivity index (χ3n) is 3.17. The molecular weight excluding hydrogens is 294 g/mol. The zero-order valence-corrected chi connectivity index (χ0v) is 12.7. The van der Waals surface area contributed by atoms with Crippen molar-refractivity contribution in [3.8, 4) is 0 Å². The zero-order chi connectivity index (χ0) is 16.7. The van der Waals surface area contributed by atoms with Gasteiger partial charge in [-0.2, -0.15) is 0 Å². The number of esters is 1. The Morgan fingerprint density at radius 2 is 1.57 bits per heavy atom. The highest BCUT2D eigenvalue weighted by molar-refractivity contribution is 6.11. The van der Waals surface area contributed by atoms with Crippen LogP contribution in [-0.4, -0.2) is 24.4 Å². The van der Waals surface area contributed by atoms with Crippen LogP contribution in [0.25, 0.3) is 0 Å². The van der Waals surface area contributed by atoms with E-state index in [1.54, 1.807) is 61.5 Å². The molecule has 0 unspecified atom stereocenters. The van der Waals surface area contributed by atoms with Crippen molar-refractivity contribution in [2.45, 2.75) is 13.3 Å². The Bertz CT molecular complexity index is 710. The van der Waals surface area contributed by atoms with Crippen LogP contribution in [0.2, 0.25) is 0 Å². The average Bonchev–Trinajstić information content (AvgIpc) is 2.56. The van der Waals surface area contributed by atoms with Gasteiger partial charge in [-0.1, -0.05) is 36.4 Å². The summed E-state index contributed by atoms with van der Waals surface area (Å²) < 4.78 is 4.89. The van der Waals surface area contributed by atoms with Gasteiger partial charge in [-0.3, -0.25) is 19.7 Å². The van der Waals surface area contributed by atoms with E-state index in [0.717, 1.165) is 0 Å². The molecule has 2 aromatic carbocycles. The summed E-state index contributed by atoms with van der Waals surface area (Å²) >= 11 is 0. The molecule has 0 spiro atoms. The number of ether oxygens (including phenoxy) is 1. The maximum Gasteiger partial charge on any atom is 0.310 e. The van der Waals surface area contributed by atoms with Crippen LogP contribution in [0.3, 0.4) is 0 Å². The van der Waals surface area contributed by atoms with E-state index in [4.69, 9.17) is 4.74 Å². The Morgan fingerprint density at radius 1 is 0.913 bits per heavy atom. The summed E-state index contributed by atoms with van der Waals surface area (Å²) in [6.45, 7) is 1.99. The van der Waals surface area contributed by atoms with Crippen molar-refractivity contribution in [1.29, 1.82) is 0 Å². The molecule has 2 amide bonds. The SMILES string of the molecule is CCOC(=O)Cc1ccccc1C(=O)NC(=O)c1ccccc1. The van der Waals surface area contributed by atoms with Crippen LogP contribution >= 0.6 is 0 Å². The summed E-state index contributed by atoms with van der Waals surface area (Å²) in [4.78, 5) is 36.0. The molecule has 0 saturated heterocycles. The normalized spacial score (nSPS) is 9.96. The van der Waals surface area contributed by atoms with E-state index in [-0.39, 0.29) is 18.6 Å². The van der Waals surface area contributed by atoms with Gasteiger partial charge in [0.1, 0.15) is 0 Å². The number of hydrogen-bond acceptors (Lipinski definition) is 4. The Hall–Kier alpha value is -2.95. The van der Waals surface area contributed by atoms with E-state index in [0.29, 0.717) is 11.1 Å². The van der Waals surface area contributed by atoms with Gasteiger partial charge in [0.25, 0.3) is 11.8 Å². The molecule has 1 N–H and O–H groups in total. The summed E-state index contributed by atoms with van der Waals surface area (Å²) in [6.07, 6.45) is -0.0169. The van der Waals surface area contributed by atoms with Crippen LogP contribution in [-0.2, 0) is 16.0 Å². The smallest absolute Gasteiger partial charge is 0.310 e. The number of rotatable bonds is 5.